The summed E-state index contributed by atoms with van der Waals surface area (Å²) >= 11 is 0. The van der Waals surface area contributed by atoms with Crippen LogP contribution in [0.3, 0.4) is 0 Å². The van der Waals surface area contributed by atoms with Crippen molar-refractivity contribution >= 4 is 0 Å². The first-order valence-corrected chi connectivity index (χ1v) is 4.70. The quantitative estimate of drug-likeness (QED) is 0.709. The number of pyridine rings is 1. The van der Waals surface area contributed by atoms with Gasteiger partial charge in [0.25, 0.3) is 0 Å². The van der Waals surface area contributed by atoms with Crippen LogP contribution in [0.25, 0.3) is 0 Å². The van der Waals surface area contributed by atoms with Crippen molar-refractivity contribution < 1.29 is 4.74 Å². The second-order valence-corrected chi connectivity index (χ2v) is 3.67. The molecule has 0 aliphatic carbocycles. The molecule has 1 rings (SSSR count). The largest absolute Gasteiger partial charge is 0.495 e. The fourth-order valence-electron chi connectivity index (χ4n) is 1.17. The first kappa shape index (κ1) is 10.0. The Morgan fingerprint density at radius 3 is 2.77 bits per heavy atom. The first-order valence-electron chi connectivity index (χ1n) is 4.70. The zero-order valence-electron chi connectivity index (χ0n) is 8.58. The van der Waals surface area contributed by atoms with Crippen LogP contribution in [0.1, 0.15) is 25.8 Å². The molecule has 0 unspecified atom stereocenters. The van der Waals surface area contributed by atoms with Crippen LogP contribution in [-0.2, 0) is 6.42 Å². The summed E-state index contributed by atoms with van der Waals surface area (Å²) < 4.78 is 5.10. The molecule has 1 aromatic rings. The number of ether oxygens (including phenoxy) is 1. The second-order valence-electron chi connectivity index (χ2n) is 3.67. The Morgan fingerprint density at radius 1 is 1.38 bits per heavy atom. The third-order valence-electron chi connectivity index (χ3n) is 2.02. The zero-order chi connectivity index (χ0) is 9.68. The summed E-state index contributed by atoms with van der Waals surface area (Å²) in [4.78, 5) is 4.11. The lowest BCUT2D eigenvalue weighted by atomic mass is 10.0. The van der Waals surface area contributed by atoms with Gasteiger partial charge < -0.3 is 4.74 Å². The van der Waals surface area contributed by atoms with Crippen molar-refractivity contribution in [2.75, 3.05) is 7.11 Å². The molecule has 0 bridgehead atoms. The van der Waals surface area contributed by atoms with E-state index in [0.717, 1.165) is 18.1 Å². The maximum atomic E-state index is 5.10. The summed E-state index contributed by atoms with van der Waals surface area (Å²) in [7, 11) is 1.67. The molecule has 0 saturated carbocycles. The van der Waals surface area contributed by atoms with Gasteiger partial charge in [0.2, 0.25) is 0 Å². The molecule has 0 amide bonds. The number of methoxy groups -OCH3 is 1. The fourth-order valence-corrected chi connectivity index (χ4v) is 1.17. The number of hydrogen-bond acceptors (Lipinski definition) is 2. The minimum atomic E-state index is 0.742. The van der Waals surface area contributed by atoms with Crippen LogP contribution in [0.5, 0.6) is 5.75 Å². The van der Waals surface area contributed by atoms with Gasteiger partial charge in [-0.05, 0) is 30.4 Å². The summed E-state index contributed by atoms with van der Waals surface area (Å²) in [5.74, 6) is 1.59. The van der Waals surface area contributed by atoms with Crippen molar-refractivity contribution in [1.82, 2.24) is 4.98 Å². The van der Waals surface area contributed by atoms with E-state index in [2.05, 4.69) is 24.9 Å². The van der Waals surface area contributed by atoms with Crippen LogP contribution in [0, 0.1) is 5.92 Å². The van der Waals surface area contributed by atoms with Gasteiger partial charge in [0.15, 0.2) is 0 Å². The average molecular weight is 179 g/mol. The minimum absolute atomic E-state index is 0.742. The van der Waals surface area contributed by atoms with Crippen LogP contribution < -0.4 is 4.74 Å². The van der Waals surface area contributed by atoms with E-state index in [1.807, 2.05) is 6.20 Å². The number of aromatic nitrogens is 1. The molecule has 72 valence electrons. The number of rotatable bonds is 4. The van der Waals surface area contributed by atoms with Crippen LogP contribution in [-0.4, -0.2) is 12.1 Å². The van der Waals surface area contributed by atoms with Crippen molar-refractivity contribution in [1.29, 1.82) is 0 Å². The molecule has 0 N–H and O–H groups in total. The molecule has 0 aliphatic rings. The molecule has 0 spiro atoms. The molecule has 0 atom stereocenters. The Labute approximate surface area is 80.0 Å². The van der Waals surface area contributed by atoms with Gasteiger partial charge in [0.1, 0.15) is 5.75 Å². The highest BCUT2D eigenvalue weighted by atomic mass is 16.5. The highest BCUT2D eigenvalue weighted by Gasteiger charge is 1.98. The lowest BCUT2D eigenvalue weighted by molar-refractivity contribution is 0.412. The van der Waals surface area contributed by atoms with Crippen molar-refractivity contribution in [2.24, 2.45) is 5.92 Å². The van der Waals surface area contributed by atoms with Gasteiger partial charge in [-0.1, -0.05) is 13.8 Å². The van der Waals surface area contributed by atoms with Crippen molar-refractivity contribution in [3.05, 3.63) is 24.0 Å². The van der Waals surface area contributed by atoms with Gasteiger partial charge >= 0.3 is 0 Å². The molecule has 0 saturated heterocycles. The molecule has 0 radical (unpaired) electrons. The van der Waals surface area contributed by atoms with E-state index in [4.69, 9.17) is 4.74 Å². The van der Waals surface area contributed by atoms with E-state index in [9.17, 15) is 0 Å². The van der Waals surface area contributed by atoms with E-state index in [-0.39, 0.29) is 0 Å². The standard InChI is InChI=1S/C11H17NO/c1-9(2)4-5-10-6-11(13-3)8-12-7-10/h6-9H,4-5H2,1-3H3. The van der Waals surface area contributed by atoms with Crippen LogP contribution in [0.2, 0.25) is 0 Å². The highest BCUT2D eigenvalue weighted by Crippen LogP contribution is 2.13. The zero-order valence-corrected chi connectivity index (χ0v) is 8.58. The van der Waals surface area contributed by atoms with Crippen molar-refractivity contribution in [3.63, 3.8) is 0 Å². The summed E-state index contributed by atoms with van der Waals surface area (Å²) in [6, 6.07) is 2.05. The molecule has 2 nitrogen and oxygen atoms in total. The van der Waals surface area contributed by atoms with Gasteiger partial charge in [0.05, 0.1) is 13.3 Å². The SMILES string of the molecule is COc1cncc(CCC(C)C)c1. The molecule has 0 fully saturated rings. The second kappa shape index (κ2) is 4.85. The predicted molar refractivity (Wildman–Crippen MR) is 53.9 cm³/mol. The number of aryl methyl sites for hydroxylation is 1. The van der Waals surface area contributed by atoms with E-state index >= 15 is 0 Å². The Hall–Kier alpha value is -1.05. The normalized spacial score (nSPS) is 10.5. The lowest BCUT2D eigenvalue weighted by Gasteiger charge is -2.05. The third-order valence-corrected chi connectivity index (χ3v) is 2.02. The van der Waals surface area contributed by atoms with Gasteiger partial charge in [-0.3, -0.25) is 4.98 Å². The molecule has 1 heterocycles. The number of hydrogen-bond donors (Lipinski definition) is 0. The Balaban J connectivity index is 2.56. The van der Waals surface area contributed by atoms with E-state index < -0.39 is 0 Å². The van der Waals surface area contributed by atoms with E-state index in [1.54, 1.807) is 13.3 Å². The number of nitrogens with zero attached hydrogens (tertiary/aromatic N) is 1. The van der Waals surface area contributed by atoms with Crippen LogP contribution in [0.4, 0.5) is 0 Å². The van der Waals surface area contributed by atoms with Crippen molar-refractivity contribution in [3.8, 4) is 5.75 Å². The van der Waals surface area contributed by atoms with Crippen LogP contribution >= 0.6 is 0 Å². The summed E-state index contributed by atoms with van der Waals surface area (Å²) in [6.07, 6.45) is 5.93. The molecule has 0 aromatic carbocycles. The van der Waals surface area contributed by atoms with Gasteiger partial charge in [0, 0.05) is 6.20 Å². The molecule has 13 heavy (non-hydrogen) atoms. The average Bonchev–Trinajstić information content (AvgIpc) is 2.15. The molecular formula is C11H17NO. The minimum Gasteiger partial charge on any atom is -0.495 e. The molecule has 2 heteroatoms. The molecule has 0 aliphatic heterocycles. The summed E-state index contributed by atoms with van der Waals surface area (Å²) in [5, 5.41) is 0. The lowest BCUT2D eigenvalue weighted by Crippen LogP contribution is -1.94. The molecule has 1 aromatic heterocycles. The van der Waals surface area contributed by atoms with Gasteiger partial charge in [-0.25, -0.2) is 0 Å². The Morgan fingerprint density at radius 2 is 2.15 bits per heavy atom. The first-order chi connectivity index (χ1) is 6.22. The Kier molecular flexibility index (Phi) is 3.74. The van der Waals surface area contributed by atoms with E-state index in [1.165, 1.54) is 12.0 Å². The van der Waals surface area contributed by atoms with Gasteiger partial charge in [-0.15, -0.1) is 0 Å². The monoisotopic (exact) mass is 179 g/mol. The van der Waals surface area contributed by atoms with Crippen molar-refractivity contribution in [2.45, 2.75) is 26.7 Å². The smallest absolute Gasteiger partial charge is 0.137 e. The van der Waals surface area contributed by atoms with Gasteiger partial charge in [-0.2, -0.15) is 0 Å². The summed E-state index contributed by atoms with van der Waals surface area (Å²) in [6.45, 7) is 4.46. The highest BCUT2D eigenvalue weighted by molar-refractivity contribution is 5.23. The van der Waals surface area contributed by atoms with E-state index in [0.29, 0.717) is 0 Å². The third kappa shape index (κ3) is 3.45. The molecular weight excluding hydrogens is 162 g/mol. The predicted octanol–water partition coefficient (Wildman–Crippen LogP) is 2.68. The summed E-state index contributed by atoms with van der Waals surface area (Å²) in [5.41, 5.74) is 1.26. The van der Waals surface area contributed by atoms with Crippen LogP contribution in [0.15, 0.2) is 18.5 Å². The fraction of sp³-hybridized carbons (Fsp3) is 0.545. The topological polar surface area (TPSA) is 22.1 Å². The maximum absolute atomic E-state index is 5.10. The maximum Gasteiger partial charge on any atom is 0.137 e. The Bertz CT molecular complexity index is 258.